The number of hydrogen-bond acceptors (Lipinski definition) is 4. The Morgan fingerprint density at radius 3 is 2.88 bits per heavy atom. The van der Waals surface area contributed by atoms with Gasteiger partial charge in [-0.25, -0.2) is 0 Å². The smallest absolute Gasteiger partial charge is 0.116 e. The lowest BCUT2D eigenvalue weighted by Crippen LogP contribution is -2.56. The number of rotatable bonds is 5. The van der Waals surface area contributed by atoms with E-state index in [1.54, 1.807) is 0 Å². The average molecular weight is 237 g/mol. The second-order valence-electron chi connectivity index (χ2n) is 5.47. The summed E-state index contributed by atoms with van der Waals surface area (Å²) in [4.78, 5) is 2.40. The molecule has 2 unspecified atom stereocenters. The molecule has 1 aliphatic heterocycles. The van der Waals surface area contributed by atoms with Gasteiger partial charge < -0.3 is 4.74 Å². The molecule has 1 N–H and O–H groups in total. The molecule has 2 rings (SSSR count). The number of ether oxygens (including phenoxy) is 1. The zero-order valence-corrected chi connectivity index (χ0v) is 10.9. The summed E-state index contributed by atoms with van der Waals surface area (Å²) in [5.41, 5.74) is -0.411. The third kappa shape index (κ3) is 3.41. The van der Waals surface area contributed by atoms with Crippen molar-refractivity contribution in [2.45, 2.75) is 50.7 Å². The number of morpholine rings is 1. The third-order valence-electron chi connectivity index (χ3n) is 3.69. The van der Waals surface area contributed by atoms with Crippen molar-refractivity contribution < 1.29 is 4.74 Å². The molecular weight excluding hydrogens is 214 g/mol. The number of nitrogens with zero attached hydrogens (tertiary/aromatic N) is 2. The van der Waals surface area contributed by atoms with E-state index in [9.17, 15) is 5.26 Å². The Kier molecular flexibility index (Phi) is 4.03. The first-order valence-corrected chi connectivity index (χ1v) is 6.67. The minimum Gasteiger partial charge on any atom is -0.378 e. The zero-order chi connectivity index (χ0) is 12.3. The van der Waals surface area contributed by atoms with Crippen LogP contribution in [0.15, 0.2) is 0 Å². The first-order chi connectivity index (χ1) is 8.17. The molecule has 1 saturated carbocycles. The standard InChI is InChI=1S/C13H23N3O/c1-3-12-8-17-7-6-16(12)10-13(2,9-14)15-11-4-5-11/h11-12,15H,3-8,10H2,1-2H3. The van der Waals surface area contributed by atoms with Crippen molar-refractivity contribution in [1.29, 1.82) is 5.26 Å². The molecule has 17 heavy (non-hydrogen) atoms. The van der Waals surface area contributed by atoms with Crippen molar-refractivity contribution in [2.24, 2.45) is 0 Å². The summed E-state index contributed by atoms with van der Waals surface area (Å²) in [6.07, 6.45) is 3.53. The maximum atomic E-state index is 9.38. The molecule has 1 saturated heterocycles. The van der Waals surface area contributed by atoms with Crippen LogP contribution in [-0.4, -0.2) is 48.8 Å². The maximum Gasteiger partial charge on any atom is 0.116 e. The normalized spacial score (nSPS) is 29.6. The van der Waals surface area contributed by atoms with Crippen molar-refractivity contribution in [3.05, 3.63) is 0 Å². The Labute approximate surface area is 104 Å². The van der Waals surface area contributed by atoms with Crippen LogP contribution in [0.2, 0.25) is 0 Å². The van der Waals surface area contributed by atoms with Crippen molar-refractivity contribution >= 4 is 0 Å². The molecule has 0 aromatic rings. The van der Waals surface area contributed by atoms with E-state index >= 15 is 0 Å². The molecule has 4 nitrogen and oxygen atoms in total. The van der Waals surface area contributed by atoms with Crippen LogP contribution in [-0.2, 0) is 4.74 Å². The van der Waals surface area contributed by atoms with Gasteiger partial charge >= 0.3 is 0 Å². The lowest BCUT2D eigenvalue weighted by atomic mass is 10.0. The van der Waals surface area contributed by atoms with Gasteiger partial charge in [-0.05, 0) is 26.2 Å². The Bertz CT molecular complexity index is 298. The highest BCUT2D eigenvalue weighted by molar-refractivity contribution is 5.09. The van der Waals surface area contributed by atoms with Crippen molar-refractivity contribution in [2.75, 3.05) is 26.3 Å². The van der Waals surface area contributed by atoms with Crippen LogP contribution in [0.4, 0.5) is 0 Å². The van der Waals surface area contributed by atoms with E-state index in [1.807, 2.05) is 6.92 Å². The van der Waals surface area contributed by atoms with E-state index in [-0.39, 0.29) is 0 Å². The second-order valence-corrected chi connectivity index (χ2v) is 5.47. The minimum atomic E-state index is -0.411. The van der Waals surface area contributed by atoms with Crippen LogP contribution in [0, 0.1) is 11.3 Å². The highest BCUT2D eigenvalue weighted by atomic mass is 16.5. The van der Waals surface area contributed by atoms with Gasteiger partial charge in [-0.3, -0.25) is 10.2 Å². The quantitative estimate of drug-likeness (QED) is 0.779. The Morgan fingerprint density at radius 2 is 2.29 bits per heavy atom. The highest BCUT2D eigenvalue weighted by Crippen LogP contribution is 2.23. The Morgan fingerprint density at radius 1 is 1.53 bits per heavy atom. The SMILES string of the molecule is CCC1COCCN1CC(C)(C#N)NC1CC1. The van der Waals surface area contributed by atoms with Crippen molar-refractivity contribution in [3.63, 3.8) is 0 Å². The van der Waals surface area contributed by atoms with E-state index in [1.165, 1.54) is 12.8 Å². The average Bonchev–Trinajstić information content (AvgIpc) is 3.13. The molecule has 0 radical (unpaired) electrons. The fourth-order valence-electron chi connectivity index (χ4n) is 2.47. The number of nitrogens with one attached hydrogen (secondary N) is 1. The first-order valence-electron chi connectivity index (χ1n) is 6.67. The molecule has 2 aliphatic rings. The Balaban J connectivity index is 1.93. The molecule has 2 fully saturated rings. The van der Waals surface area contributed by atoms with Crippen LogP contribution in [0.3, 0.4) is 0 Å². The maximum absolute atomic E-state index is 9.38. The van der Waals surface area contributed by atoms with Gasteiger partial charge in [0.15, 0.2) is 0 Å². The van der Waals surface area contributed by atoms with Gasteiger partial charge in [-0.2, -0.15) is 5.26 Å². The van der Waals surface area contributed by atoms with Crippen molar-refractivity contribution in [1.82, 2.24) is 10.2 Å². The minimum absolute atomic E-state index is 0.411. The van der Waals surface area contributed by atoms with Crippen LogP contribution in [0.5, 0.6) is 0 Å². The number of nitriles is 1. The topological polar surface area (TPSA) is 48.3 Å². The first kappa shape index (κ1) is 12.8. The molecule has 96 valence electrons. The summed E-state index contributed by atoms with van der Waals surface area (Å²) in [5.74, 6) is 0. The predicted octanol–water partition coefficient (Wildman–Crippen LogP) is 1.13. The van der Waals surface area contributed by atoms with Gasteiger partial charge in [0.1, 0.15) is 5.54 Å². The number of hydrogen-bond donors (Lipinski definition) is 1. The largest absolute Gasteiger partial charge is 0.378 e. The van der Waals surface area contributed by atoms with Gasteiger partial charge in [0.2, 0.25) is 0 Å². The molecule has 0 amide bonds. The van der Waals surface area contributed by atoms with E-state index in [0.29, 0.717) is 12.1 Å². The monoisotopic (exact) mass is 237 g/mol. The molecule has 1 aliphatic carbocycles. The van der Waals surface area contributed by atoms with Gasteiger partial charge in [-0.15, -0.1) is 0 Å². The van der Waals surface area contributed by atoms with Crippen LogP contribution >= 0.6 is 0 Å². The van der Waals surface area contributed by atoms with Gasteiger partial charge in [0, 0.05) is 25.2 Å². The predicted molar refractivity (Wildman–Crippen MR) is 66.6 cm³/mol. The van der Waals surface area contributed by atoms with Crippen LogP contribution < -0.4 is 5.32 Å². The van der Waals surface area contributed by atoms with Crippen LogP contribution in [0.25, 0.3) is 0 Å². The molecule has 0 aromatic heterocycles. The summed E-state index contributed by atoms with van der Waals surface area (Å²) < 4.78 is 5.50. The Hall–Kier alpha value is -0.630. The molecular formula is C13H23N3O. The zero-order valence-electron chi connectivity index (χ0n) is 10.9. The fraction of sp³-hybridized carbons (Fsp3) is 0.923. The molecule has 0 spiro atoms. The molecule has 0 bridgehead atoms. The summed E-state index contributed by atoms with van der Waals surface area (Å²) in [6.45, 7) is 7.56. The lowest BCUT2D eigenvalue weighted by molar-refractivity contribution is -0.0159. The summed E-state index contributed by atoms with van der Waals surface area (Å²) in [5, 5.41) is 12.8. The molecule has 1 heterocycles. The van der Waals surface area contributed by atoms with E-state index in [0.717, 1.165) is 32.7 Å². The third-order valence-corrected chi connectivity index (χ3v) is 3.69. The molecule has 2 atom stereocenters. The van der Waals surface area contributed by atoms with Gasteiger partial charge in [0.25, 0.3) is 0 Å². The van der Waals surface area contributed by atoms with Crippen molar-refractivity contribution in [3.8, 4) is 6.07 Å². The summed E-state index contributed by atoms with van der Waals surface area (Å²) in [6, 6.07) is 3.49. The van der Waals surface area contributed by atoms with E-state index in [2.05, 4.69) is 23.2 Å². The van der Waals surface area contributed by atoms with E-state index < -0.39 is 5.54 Å². The summed E-state index contributed by atoms with van der Waals surface area (Å²) in [7, 11) is 0. The van der Waals surface area contributed by atoms with E-state index in [4.69, 9.17) is 4.74 Å². The second kappa shape index (κ2) is 5.34. The van der Waals surface area contributed by atoms with Gasteiger partial charge in [0.05, 0.1) is 19.3 Å². The van der Waals surface area contributed by atoms with Crippen LogP contribution in [0.1, 0.15) is 33.1 Å². The fourth-order valence-corrected chi connectivity index (χ4v) is 2.47. The van der Waals surface area contributed by atoms with Gasteiger partial charge in [-0.1, -0.05) is 6.92 Å². The lowest BCUT2D eigenvalue weighted by Gasteiger charge is -2.39. The summed E-state index contributed by atoms with van der Waals surface area (Å²) >= 11 is 0. The molecule has 0 aromatic carbocycles. The highest BCUT2D eigenvalue weighted by Gasteiger charge is 2.36. The molecule has 4 heteroatoms.